The molecule has 15 heavy (non-hydrogen) atoms. The Morgan fingerprint density at radius 3 is 2.47 bits per heavy atom. The smallest absolute Gasteiger partial charge is 0.334 e. The minimum Gasteiger partial charge on any atom is -0.467 e. The van der Waals surface area contributed by atoms with E-state index >= 15 is 0 Å². The van der Waals surface area contributed by atoms with Gasteiger partial charge in [0.2, 0.25) is 5.79 Å². The third-order valence-corrected chi connectivity index (χ3v) is 1.87. The molecule has 0 radical (unpaired) electrons. The Hall–Kier alpha value is -1.46. The van der Waals surface area contributed by atoms with Gasteiger partial charge in [0.05, 0.1) is 7.11 Å². The van der Waals surface area contributed by atoms with E-state index < -0.39 is 17.9 Å². The van der Waals surface area contributed by atoms with Crippen LogP contribution in [0.2, 0.25) is 0 Å². The van der Waals surface area contributed by atoms with Gasteiger partial charge < -0.3 is 14.6 Å². The average molecular weight is 212 g/mol. The number of allylic oxidation sites excluding steroid dienone is 2. The molecule has 1 aliphatic rings. The summed E-state index contributed by atoms with van der Waals surface area (Å²) in [5.74, 6) is -2.56. The molecule has 0 aromatic rings. The molecule has 0 unspecified atom stereocenters. The zero-order chi connectivity index (χ0) is 11.5. The van der Waals surface area contributed by atoms with Gasteiger partial charge in [-0.05, 0) is 31.2 Å². The molecule has 0 bridgehead atoms. The molecule has 0 saturated carbocycles. The minimum atomic E-state index is -1.72. The lowest BCUT2D eigenvalue weighted by Gasteiger charge is -2.25. The van der Waals surface area contributed by atoms with Crippen molar-refractivity contribution in [3.05, 3.63) is 24.3 Å². The van der Waals surface area contributed by atoms with Gasteiger partial charge in [-0.2, -0.15) is 0 Å². The number of hydrogen-bond donors (Lipinski definition) is 1. The highest BCUT2D eigenvalue weighted by Crippen LogP contribution is 2.18. The molecule has 0 amide bonds. The molecule has 1 atom stereocenters. The number of aliphatic hydroxyl groups is 1. The topological polar surface area (TPSA) is 72.8 Å². The Morgan fingerprint density at radius 2 is 2.00 bits per heavy atom. The highest BCUT2D eigenvalue weighted by Gasteiger charge is 2.29. The second-order valence-corrected chi connectivity index (χ2v) is 3.10. The normalized spacial score (nSPS) is 20.1. The lowest BCUT2D eigenvalue weighted by molar-refractivity contribution is -0.187. The summed E-state index contributed by atoms with van der Waals surface area (Å²) >= 11 is 0. The maximum Gasteiger partial charge on any atom is 0.334 e. The van der Waals surface area contributed by atoms with E-state index in [0.29, 0.717) is 0 Å². The molecule has 0 aromatic heterocycles. The minimum absolute atomic E-state index is 0.242. The molecule has 1 aliphatic carbocycles. The molecule has 5 heteroatoms. The Balaban J connectivity index is 2.65. The summed E-state index contributed by atoms with van der Waals surface area (Å²) in [5, 5.41) is 9.75. The molecule has 0 spiro atoms. The number of hydrogen-bond acceptors (Lipinski definition) is 5. The third kappa shape index (κ3) is 3.00. The van der Waals surface area contributed by atoms with Gasteiger partial charge in [0, 0.05) is 0 Å². The number of ether oxygens (including phenoxy) is 2. The molecule has 1 rings (SSSR count). The maximum atomic E-state index is 11.0. The van der Waals surface area contributed by atoms with Gasteiger partial charge in [-0.1, -0.05) is 0 Å². The van der Waals surface area contributed by atoms with Crippen molar-refractivity contribution in [2.45, 2.75) is 18.8 Å². The summed E-state index contributed by atoms with van der Waals surface area (Å²) in [6, 6.07) is 0. The van der Waals surface area contributed by atoms with Crippen LogP contribution in [0.3, 0.4) is 0 Å². The Bertz CT molecular complexity index is 313. The number of carbonyl (C=O) groups excluding carboxylic acids is 2. The first kappa shape index (κ1) is 11.6. The summed E-state index contributed by atoms with van der Waals surface area (Å²) in [6.07, 6.45) is 3.78. The quantitative estimate of drug-likeness (QED) is 0.524. The van der Waals surface area contributed by atoms with Crippen LogP contribution in [-0.2, 0) is 19.1 Å². The van der Waals surface area contributed by atoms with Crippen LogP contribution in [0.5, 0.6) is 0 Å². The van der Waals surface area contributed by atoms with Crippen LogP contribution in [0.25, 0.3) is 0 Å². The van der Waals surface area contributed by atoms with Crippen molar-refractivity contribution in [2.75, 3.05) is 7.11 Å². The van der Waals surface area contributed by atoms with Crippen LogP contribution in [0.1, 0.15) is 6.92 Å². The molecule has 1 N–H and O–H groups in total. The van der Waals surface area contributed by atoms with Crippen LogP contribution >= 0.6 is 0 Å². The van der Waals surface area contributed by atoms with Crippen molar-refractivity contribution < 1.29 is 24.2 Å². The van der Waals surface area contributed by atoms with Crippen molar-refractivity contribution in [1.82, 2.24) is 0 Å². The molecule has 82 valence electrons. The monoisotopic (exact) mass is 212 g/mol. The number of esters is 1. The summed E-state index contributed by atoms with van der Waals surface area (Å²) < 4.78 is 9.46. The number of ketones is 1. The van der Waals surface area contributed by atoms with E-state index in [1.54, 1.807) is 0 Å². The Kier molecular flexibility index (Phi) is 3.39. The van der Waals surface area contributed by atoms with Crippen molar-refractivity contribution >= 4 is 11.8 Å². The lowest BCUT2D eigenvalue weighted by atomic mass is 10.1. The maximum absolute atomic E-state index is 11.0. The predicted octanol–water partition coefficient (Wildman–Crippen LogP) is -0.0518. The van der Waals surface area contributed by atoms with E-state index in [1.807, 2.05) is 0 Å². The molecule has 0 heterocycles. The molecule has 0 aliphatic heterocycles. The number of carbonyl (C=O) groups is 2. The standard InChI is InChI=1S/C10H12O5/c1-7(9(12)14-2)15-10(13)5-3-8(11)4-6-10/h3-7,13H,1-2H3/t7-/m1/s1. The molecular weight excluding hydrogens is 200 g/mol. The van der Waals surface area contributed by atoms with E-state index in [-0.39, 0.29) is 5.78 Å². The summed E-state index contributed by atoms with van der Waals surface area (Å²) in [7, 11) is 1.22. The first-order valence-electron chi connectivity index (χ1n) is 4.37. The van der Waals surface area contributed by atoms with Crippen molar-refractivity contribution in [2.24, 2.45) is 0 Å². The van der Waals surface area contributed by atoms with Gasteiger partial charge in [0.1, 0.15) is 0 Å². The zero-order valence-electron chi connectivity index (χ0n) is 8.47. The summed E-state index contributed by atoms with van der Waals surface area (Å²) in [4.78, 5) is 21.8. The van der Waals surface area contributed by atoms with Crippen molar-refractivity contribution in [1.29, 1.82) is 0 Å². The Morgan fingerprint density at radius 1 is 1.47 bits per heavy atom. The highest BCUT2D eigenvalue weighted by molar-refractivity contribution is 6.00. The second-order valence-electron chi connectivity index (χ2n) is 3.10. The average Bonchev–Trinajstić information content (AvgIpc) is 2.21. The molecule has 0 aromatic carbocycles. The van der Waals surface area contributed by atoms with Gasteiger partial charge in [-0.15, -0.1) is 0 Å². The van der Waals surface area contributed by atoms with Crippen LogP contribution < -0.4 is 0 Å². The molecular formula is C10H12O5. The zero-order valence-corrected chi connectivity index (χ0v) is 8.47. The third-order valence-electron chi connectivity index (χ3n) is 1.87. The first-order valence-corrected chi connectivity index (χ1v) is 4.37. The van der Waals surface area contributed by atoms with E-state index in [9.17, 15) is 14.7 Å². The summed E-state index contributed by atoms with van der Waals surface area (Å²) in [5.41, 5.74) is 0. The largest absolute Gasteiger partial charge is 0.467 e. The van der Waals surface area contributed by atoms with E-state index in [1.165, 1.54) is 38.3 Å². The van der Waals surface area contributed by atoms with E-state index in [2.05, 4.69) is 4.74 Å². The predicted molar refractivity (Wildman–Crippen MR) is 50.8 cm³/mol. The Labute approximate surface area is 87.0 Å². The van der Waals surface area contributed by atoms with Crippen LogP contribution in [0, 0.1) is 0 Å². The van der Waals surface area contributed by atoms with E-state index in [4.69, 9.17) is 4.74 Å². The molecule has 0 fully saturated rings. The van der Waals surface area contributed by atoms with Gasteiger partial charge in [-0.3, -0.25) is 4.79 Å². The van der Waals surface area contributed by atoms with Gasteiger partial charge in [0.25, 0.3) is 0 Å². The summed E-state index contributed by atoms with van der Waals surface area (Å²) in [6.45, 7) is 1.45. The fraction of sp³-hybridized carbons (Fsp3) is 0.400. The number of rotatable bonds is 3. The van der Waals surface area contributed by atoms with Crippen molar-refractivity contribution in [3.63, 3.8) is 0 Å². The van der Waals surface area contributed by atoms with Crippen LogP contribution in [0.4, 0.5) is 0 Å². The van der Waals surface area contributed by atoms with Gasteiger partial charge >= 0.3 is 5.97 Å². The van der Waals surface area contributed by atoms with Crippen molar-refractivity contribution in [3.8, 4) is 0 Å². The fourth-order valence-electron chi connectivity index (χ4n) is 1.09. The van der Waals surface area contributed by atoms with Gasteiger partial charge in [0.15, 0.2) is 11.9 Å². The first-order chi connectivity index (χ1) is 6.97. The number of methoxy groups -OCH3 is 1. The SMILES string of the molecule is COC(=O)[C@@H](C)OC1(O)C=CC(=O)C=C1. The lowest BCUT2D eigenvalue weighted by Crippen LogP contribution is -2.37. The van der Waals surface area contributed by atoms with E-state index in [0.717, 1.165) is 0 Å². The second kappa shape index (κ2) is 4.37. The van der Waals surface area contributed by atoms with Crippen LogP contribution in [0.15, 0.2) is 24.3 Å². The fourth-order valence-corrected chi connectivity index (χ4v) is 1.09. The van der Waals surface area contributed by atoms with Gasteiger partial charge in [-0.25, -0.2) is 4.79 Å². The van der Waals surface area contributed by atoms with Crippen LogP contribution in [-0.4, -0.2) is 35.9 Å². The molecule has 0 saturated heterocycles. The molecule has 5 nitrogen and oxygen atoms in total. The highest BCUT2D eigenvalue weighted by atomic mass is 16.6.